The Morgan fingerprint density at radius 2 is 1.82 bits per heavy atom. The van der Waals surface area contributed by atoms with Crippen molar-refractivity contribution in [2.45, 2.75) is 51.5 Å². The van der Waals surface area contributed by atoms with Gasteiger partial charge < -0.3 is 4.42 Å². The molecule has 0 radical (unpaired) electrons. The summed E-state index contributed by atoms with van der Waals surface area (Å²) in [7, 11) is 0. The Bertz CT molecular complexity index is 546. The van der Waals surface area contributed by atoms with Gasteiger partial charge in [-0.15, -0.1) is 0 Å². The van der Waals surface area contributed by atoms with E-state index in [4.69, 9.17) is 4.42 Å². The van der Waals surface area contributed by atoms with Crippen LogP contribution in [0.5, 0.6) is 0 Å². The maximum atomic E-state index is 5.62. The Labute approximate surface area is 134 Å². The zero-order chi connectivity index (χ0) is 15.0. The summed E-state index contributed by atoms with van der Waals surface area (Å²) in [4.78, 5) is 2.56. The van der Waals surface area contributed by atoms with Crippen LogP contribution in [0, 0.1) is 0 Å². The Hall–Kier alpha value is -1.54. The molecule has 2 heteroatoms. The molecule has 0 spiro atoms. The highest BCUT2D eigenvalue weighted by molar-refractivity contribution is 5.18. The summed E-state index contributed by atoms with van der Waals surface area (Å²) >= 11 is 0. The van der Waals surface area contributed by atoms with Crippen molar-refractivity contribution in [3.8, 4) is 0 Å². The molecule has 3 rings (SSSR count). The van der Waals surface area contributed by atoms with E-state index in [0.29, 0.717) is 0 Å². The standard InChI is InChI=1S/C20H27NO/c1(4-9-18-10-5-3-6-11-18)2-7-14-21-15-8-12-19-13-16-22-20(19)17-21/h3,5-6,10-11,13,16H,1-2,4,7-9,12,14-15,17H2. The lowest BCUT2D eigenvalue weighted by molar-refractivity contribution is 0.243. The highest BCUT2D eigenvalue weighted by atomic mass is 16.3. The van der Waals surface area contributed by atoms with Gasteiger partial charge in [0, 0.05) is 0 Å². The predicted molar refractivity (Wildman–Crippen MR) is 90.9 cm³/mol. The minimum absolute atomic E-state index is 1.01. The zero-order valence-electron chi connectivity index (χ0n) is 13.5. The van der Waals surface area contributed by atoms with E-state index in [0.717, 1.165) is 6.54 Å². The number of hydrogen-bond acceptors (Lipinski definition) is 2. The van der Waals surface area contributed by atoms with Crippen LogP contribution in [-0.2, 0) is 19.4 Å². The predicted octanol–water partition coefficient (Wildman–Crippen LogP) is 4.83. The van der Waals surface area contributed by atoms with Crippen molar-refractivity contribution in [3.63, 3.8) is 0 Å². The van der Waals surface area contributed by atoms with E-state index >= 15 is 0 Å². The molecular weight excluding hydrogens is 270 g/mol. The van der Waals surface area contributed by atoms with E-state index in [1.165, 1.54) is 74.9 Å². The molecule has 22 heavy (non-hydrogen) atoms. The lowest BCUT2D eigenvalue weighted by atomic mass is 10.1. The van der Waals surface area contributed by atoms with Gasteiger partial charge in [0.15, 0.2) is 0 Å². The van der Waals surface area contributed by atoms with Crippen LogP contribution in [0.15, 0.2) is 47.1 Å². The van der Waals surface area contributed by atoms with Gasteiger partial charge in [0.05, 0.1) is 12.8 Å². The molecule has 0 aliphatic carbocycles. The van der Waals surface area contributed by atoms with Crippen LogP contribution in [0.1, 0.15) is 49.0 Å². The van der Waals surface area contributed by atoms with Crippen LogP contribution in [-0.4, -0.2) is 18.0 Å². The summed E-state index contributed by atoms with van der Waals surface area (Å²) in [5.41, 5.74) is 2.89. The second-order valence-corrected chi connectivity index (χ2v) is 6.40. The van der Waals surface area contributed by atoms with Crippen molar-refractivity contribution in [2.75, 3.05) is 13.1 Å². The summed E-state index contributed by atoms with van der Waals surface area (Å²) in [6.45, 7) is 3.44. The molecule has 1 aromatic heterocycles. The Balaban J connectivity index is 1.30. The number of aryl methyl sites for hydroxylation is 2. The number of fused-ring (bicyclic) bond motifs is 1. The van der Waals surface area contributed by atoms with Gasteiger partial charge in [0.2, 0.25) is 0 Å². The molecular formula is C20H27NO. The molecule has 1 aliphatic heterocycles. The van der Waals surface area contributed by atoms with E-state index in [1.807, 2.05) is 6.26 Å². The van der Waals surface area contributed by atoms with E-state index in [9.17, 15) is 0 Å². The molecule has 118 valence electrons. The molecule has 2 nitrogen and oxygen atoms in total. The highest BCUT2D eigenvalue weighted by Crippen LogP contribution is 2.20. The van der Waals surface area contributed by atoms with Crippen molar-refractivity contribution in [3.05, 3.63) is 59.5 Å². The first kappa shape index (κ1) is 15.4. The molecule has 2 aromatic rings. The van der Waals surface area contributed by atoms with Gasteiger partial charge in [-0.05, 0) is 62.4 Å². The molecule has 0 atom stereocenters. The molecule has 0 fully saturated rings. The van der Waals surface area contributed by atoms with Crippen molar-refractivity contribution < 1.29 is 4.42 Å². The molecule has 1 aromatic carbocycles. The lowest BCUT2D eigenvalue weighted by Gasteiger charge is -2.19. The molecule has 0 saturated heterocycles. The normalized spacial score (nSPS) is 15.5. The van der Waals surface area contributed by atoms with Crippen LogP contribution in [0.3, 0.4) is 0 Å². The Kier molecular flexibility index (Phi) is 5.72. The number of unbranched alkanes of at least 4 members (excludes halogenated alkanes) is 3. The largest absolute Gasteiger partial charge is 0.468 e. The number of furan rings is 1. The van der Waals surface area contributed by atoms with Crippen LogP contribution in [0.2, 0.25) is 0 Å². The topological polar surface area (TPSA) is 16.4 Å². The smallest absolute Gasteiger partial charge is 0.120 e. The molecule has 2 heterocycles. The number of benzene rings is 1. The second-order valence-electron chi connectivity index (χ2n) is 6.40. The first-order chi connectivity index (χ1) is 10.9. The van der Waals surface area contributed by atoms with Gasteiger partial charge in [0.25, 0.3) is 0 Å². The minimum Gasteiger partial charge on any atom is -0.468 e. The van der Waals surface area contributed by atoms with Gasteiger partial charge in [0.1, 0.15) is 5.76 Å². The fourth-order valence-electron chi connectivity index (χ4n) is 3.36. The SMILES string of the molecule is c1ccc(CCCCCCN2CCCc3ccoc3C2)cc1. The third kappa shape index (κ3) is 4.48. The van der Waals surface area contributed by atoms with Gasteiger partial charge >= 0.3 is 0 Å². The lowest BCUT2D eigenvalue weighted by Crippen LogP contribution is -2.24. The summed E-state index contributed by atoms with van der Waals surface area (Å²) < 4.78 is 5.62. The van der Waals surface area contributed by atoms with Crippen LogP contribution < -0.4 is 0 Å². The summed E-state index contributed by atoms with van der Waals surface area (Å²) in [5, 5.41) is 0. The fraction of sp³-hybridized carbons (Fsp3) is 0.500. The van der Waals surface area contributed by atoms with E-state index in [1.54, 1.807) is 0 Å². The highest BCUT2D eigenvalue weighted by Gasteiger charge is 2.15. The number of hydrogen-bond donors (Lipinski definition) is 0. The Morgan fingerprint density at radius 1 is 0.955 bits per heavy atom. The summed E-state index contributed by atoms with van der Waals surface area (Å²) in [6.07, 6.45) is 10.8. The minimum atomic E-state index is 1.01. The van der Waals surface area contributed by atoms with Crippen LogP contribution in [0.4, 0.5) is 0 Å². The Morgan fingerprint density at radius 3 is 2.73 bits per heavy atom. The molecule has 0 unspecified atom stereocenters. The first-order valence-electron chi connectivity index (χ1n) is 8.73. The molecule has 1 aliphatic rings. The van der Waals surface area contributed by atoms with E-state index in [2.05, 4.69) is 41.3 Å². The van der Waals surface area contributed by atoms with E-state index in [-0.39, 0.29) is 0 Å². The molecule has 0 saturated carbocycles. The number of nitrogens with zero attached hydrogens (tertiary/aromatic N) is 1. The summed E-state index contributed by atoms with van der Waals surface area (Å²) in [5.74, 6) is 1.20. The molecule has 0 bridgehead atoms. The fourth-order valence-corrected chi connectivity index (χ4v) is 3.36. The first-order valence-corrected chi connectivity index (χ1v) is 8.73. The van der Waals surface area contributed by atoms with Gasteiger partial charge in [-0.1, -0.05) is 43.2 Å². The quantitative estimate of drug-likeness (QED) is 0.680. The van der Waals surface area contributed by atoms with Crippen molar-refractivity contribution >= 4 is 0 Å². The maximum absolute atomic E-state index is 5.62. The van der Waals surface area contributed by atoms with Gasteiger partial charge in [-0.3, -0.25) is 4.90 Å². The van der Waals surface area contributed by atoms with Crippen LogP contribution >= 0.6 is 0 Å². The van der Waals surface area contributed by atoms with Crippen molar-refractivity contribution in [2.24, 2.45) is 0 Å². The summed E-state index contributed by atoms with van der Waals surface area (Å²) in [6, 6.07) is 13.0. The van der Waals surface area contributed by atoms with Crippen molar-refractivity contribution in [1.82, 2.24) is 4.90 Å². The molecule has 0 N–H and O–H groups in total. The second kappa shape index (κ2) is 8.19. The van der Waals surface area contributed by atoms with E-state index < -0.39 is 0 Å². The average Bonchev–Trinajstić information content (AvgIpc) is 2.90. The molecule has 0 amide bonds. The van der Waals surface area contributed by atoms with Crippen LogP contribution in [0.25, 0.3) is 0 Å². The third-order valence-corrected chi connectivity index (χ3v) is 4.66. The van der Waals surface area contributed by atoms with Crippen molar-refractivity contribution in [1.29, 1.82) is 0 Å². The van der Waals surface area contributed by atoms with Gasteiger partial charge in [-0.2, -0.15) is 0 Å². The average molecular weight is 297 g/mol. The van der Waals surface area contributed by atoms with Gasteiger partial charge in [-0.25, -0.2) is 0 Å². The zero-order valence-corrected chi connectivity index (χ0v) is 13.5. The third-order valence-electron chi connectivity index (χ3n) is 4.66. The number of rotatable bonds is 7. The maximum Gasteiger partial charge on any atom is 0.120 e. The monoisotopic (exact) mass is 297 g/mol.